The molecule has 2 heteroatoms. The Labute approximate surface area is 121 Å². The number of hydrogen-bond acceptors (Lipinski definition) is 2. The van der Waals surface area contributed by atoms with Gasteiger partial charge >= 0.3 is 0 Å². The summed E-state index contributed by atoms with van der Waals surface area (Å²) >= 11 is 0. The molecule has 0 saturated heterocycles. The number of nitrogens with zero attached hydrogens (tertiary/aromatic N) is 1. The van der Waals surface area contributed by atoms with Crippen LogP contribution >= 0.6 is 0 Å². The first kappa shape index (κ1) is 13.2. The van der Waals surface area contributed by atoms with Crippen molar-refractivity contribution in [3.8, 4) is 0 Å². The van der Waals surface area contributed by atoms with E-state index in [9.17, 15) is 0 Å². The van der Waals surface area contributed by atoms with Gasteiger partial charge in [-0.2, -0.15) is 0 Å². The van der Waals surface area contributed by atoms with Crippen LogP contribution in [0.2, 0.25) is 0 Å². The van der Waals surface area contributed by atoms with Crippen molar-refractivity contribution >= 4 is 11.4 Å². The molecular formula is C18H22N2. The molecule has 104 valence electrons. The van der Waals surface area contributed by atoms with Gasteiger partial charge in [0.2, 0.25) is 0 Å². The molecule has 1 heterocycles. The Balaban J connectivity index is 2.09. The summed E-state index contributed by atoms with van der Waals surface area (Å²) in [7, 11) is 0. The third kappa shape index (κ3) is 2.32. The van der Waals surface area contributed by atoms with Gasteiger partial charge in [-0.1, -0.05) is 30.3 Å². The summed E-state index contributed by atoms with van der Waals surface area (Å²) in [5, 5.41) is 3.46. The Hall–Kier alpha value is -1.80. The molecule has 0 spiro atoms. The molecular weight excluding hydrogens is 244 g/mol. The largest absolute Gasteiger partial charge is 0.341 e. The molecule has 3 rings (SSSR count). The topological polar surface area (TPSA) is 15.3 Å². The minimum absolute atomic E-state index is 0.995. The summed E-state index contributed by atoms with van der Waals surface area (Å²) in [5.41, 5.74) is 6.99. The van der Waals surface area contributed by atoms with Gasteiger partial charge in [-0.15, -0.1) is 0 Å². The van der Waals surface area contributed by atoms with Crippen LogP contribution in [0, 0.1) is 6.92 Å². The third-order valence-corrected chi connectivity index (χ3v) is 4.13. The molecule has 0 fully saturated rings. The normalized spacial score (nSPS) is 13.9. The van der Waals surface area contributed by atoms with E-state index in [4.69, 9.17) is 0 Å². The quantitative estimate of drug-likeness (QED) is 0.909. The Morgan fingerprint density at radius 2 is 1.85 bits per heavy atom. The first-order chi connectivity index (χ1) is 9.81. The van der Waals surface area contributed by atoms with Crippen LogP contribution in [0.25, 0.3) is 0 Å². The van der Waals surface area contributed by atoms with Crippen LogP contribution in [0.15, 0.2) is 42.5 Å². The molecule has 1 N–H and O–H groups in total. The lowest BCUT2D eigenvalue weighted by molar-refractivity contribution is 0.643. The molecule has 0 atom stereocenters. The Morgan fingerprint density at radius 1 is 1.05 bits per heavy atom. The first-order valence-electron chi connectivity index (χ1n) is 7.46. The molecule has 0 unspecified atom stereocenters. The highest BCUT2D eigenvalue weighted by Crippen LogP contribution is 2.33. The fourth-order valence-electron chi connectivity index (χ4n) is 3.10. The van der Waals surface area contributed by atoms with Crippen LogP contribution in [0.1, 0.15) is 23.6 Å². The minimum Gasteiger partial charge on any atom is -0.341 e. The van der Waals surface area contributed by atoms with E-state index in [-0.39, 0.29) is 0 Å². The molecule has 1 aliphatic heterocycles. The fraction of sp³-hybridized carbons (Fsp3) is 0.333. The van der Waals surface area contributed by atoms with Gasteiger partial charge in [0.25, 0.3) is 0 Å². The second kappa shape index (κ2) is 5.68. The number of nitrogens with one attached hydrogen (secondary N) is 1. The predicted molar refractivity (Wildman–Crippen MR) is 85.7 cm³/mol. The van der Waals surface area contributed by atoms with Crippen LogP contribution in [0.3, 0.4) is 0 Å². The number of fused-ring (bicyclic) bond motifs is 1. The number of rotatable bonds is 3. The van der Waals surface area contributed by atoms with Crippen LogP contribution in [0.5, 0.6) is 0 Å². The maximum absolute atomic E-state index is 3.46. The van der Waals surface area contributed by atoms with Gasteiger partial charge in [-0.05, 0) is 55.6 Å². The van der Waals surface area contributed by atoms with Gasteiger partial charge in [0.15, 0.2) is 0 Å². The number of hydrogen-bond donors (Lipinski definition) is 1. The third-order valence-electron chi connectivity index (χ3n) is 4.13. The van der Waals surface area contributed by atoms with E-state index in [1.807, 2.05) is 0 Å². The minimum atomic E-state index is 0.995. The van der Waals surface area contributed by atoms with Gasteiger partial charge in [0.1, 0.15) is 0 Å². The van der Waals surface area contributed by atoms with E-state index < -0.39 is 0 Å². The van der Waals surface area contributed by atoms with Crippen molar-refractivity contribution in [2.75, 3.05) is 18.0 Å². The second-order valence-electron chi connectivity index (χ2n) is 5.37. The van der Waals surface area contributed by atoms with Crippen molar-refractivity contribution in [2.24, 2.45) is 0 Å². The first-order valence-corrected chi connectivity index (χ1v) is 7.46. The smallest absolute Gasteiger partial charge is 0.0447 e. The maximum Gasteiger partial charge on any atom is 0.0447 e. The number of aryl methyl sites for hydroxylation is 1. The zero-order chi connectivity index (χ0) is 13.9. The molecule has 0 bridgehead atoms. The number of anilines is 2. The summed E-state index contributed by atoms with van der Waals surface area (Å²) in [6, 6.07) is 15.3. The maximum atomic E-state index is 3.46. The Morgan fingerprint density at radius 3 is 2.65 bits per heavy atom. The van der Waals surface area contributed by atoms with Gasteiger partial charge in [-0.25, -0.2) is 0 Å². The van der Waals surface area contributed by atoms with Crippen LogP contribution in [0.4, 0.5) is 11.4 Å². The number of para-hydroxylation sites is 1. The highest BCUT2D eigenvalue weighted by Gasteiger charge is 2.17. The molecule has 1 aliphatic rings. The summed E-state index contributed by atoms with van der Waals surface area (Å²) in [6.45, 7) is 7.49. The zero-order valence-corrected chi connectivity index (χ0v) is 12.3. The van der Waals surface area contributed by atoms with Crippen molar-refractivity contribution in [3.05, 3.63) is 59.2 Å². The SMILES string of the molecule is CCN(c1ccccc1C)c1cccc2c1CCNC2. The second-order valence-corrected chi connectivity index (χ2v) is 5.37. The Kier molecular flexibility index (Phi) is 3.75. The van der Waals surface area contributed by atoms with Crippen molar-refractivity contribution in [1.29, 1.82) is 0 Å². The molecule has 0 radical (unpaired) electrons. The fourth-order valence-corrected chi connectivity index (χ4v) is 3.10. The molecule has 0 amide bonds. The van der Waals surface area contributed by atoms with E-state index in [0.29, 0.717) is 0 Å². The zero-order valence-electron chi connectivity index (χ0n) is 12.3. The molecule has 2 aromatic rings. The lowest BCUT2D eigenvalue weighted by Crippen LogP contribution is -2.27. The average Bonchev–Trinajstić information content (AvgIpc) is 2.50. The van der Waals surface area contributed by atoms with E-state index >= 15 is 0 Å². The van der Waals surface area contributed by atoms with Gasteiger partial charge in [0.05, 0.1) is 0 Å². The highest BCUT2D eigenvalue weighted by molar-refractivity contribution is 5.70. The van der Waals surface area contributed by atoms with E-state index in [0.717, 1.165) is 26.1 Å². The molecule has 20 heavy (non-hydrogen) atoms. The predicted octanol–water partition coefficient (Wildman–Crippen LogP) is 3.80. The van der Waals surface area contributed by atoms with Crippen molar-refractivity contribution in [1.82, 2.24) is 5.32 Å². The van der Waals surface area contributed by atoms with Gasteiger partial charge in [-0.3, -0.25) is 0 Å². The molecule has 0 aromatic heterocycles. The van der Waals surface area contributed by atoms with E-state index in [1.54, 1.807) is 0 Å². The standard InChI is InChI=1S/C18H22N2/c1-3-20(17-9-5-4-7-14(17)2)18-10-6-8-15-13-19-12-11-16(15)18/h4-10,19H,3,11-13H2,1-2H3. The highest BCUT2D eigenvalue weighted by atomic mass is 15.1. The summed E-state index contributed by atoms with van der Waals surface area (Å²) in [5.74, 6) is 0. The van der Waals surface area contributed by atoms with Crippen molar-refractivity contribution < 1.29 is 0 Å². The van der Waals surface area contributed by atoms with Gasteiger partial charge in [0, 0.05) is 24.5 Å². The Bertz CT molecular complexity index is 604. The molecule has 0 aliphatic carbocycles. The monoisotopic (exact) mass is 266 g/mol. The van der Waals surface area contributed by atoms with Crippen LogP contribution in [-0.2, 0) is 13.0 Å². The van der Waals surface area contributed by atoms with Crippen LogP contribution < -0.4 is 10.2 Å². The lowest BCUT2D eigenvalue weighted by Gasteiger charge is -2.30. The van der Waals surface area contributed by atoms with Crippen molar-refractivity contribution in [2.45, 2.75) is 26.8 Å². The molecule has 0 saturated carbocycles. The molecule has 2 nitrogen and oxygen atoms in total. The number of benzene rings is 2. The van der Waals surface area contributed by atoms with E-state index in [2.05, 4.69) is 66.5 Å². The van der Waals surface area contributed by atoms with Gasteiger partial charge < -0.3 is 10.2 Å². The summed E-state index contributed by atoms with van der Waals surface area (Å²) in [4.78, 5) is 2.44. The average molecular weight is 266 g/mol. The van der Waals surface area contributed by atoms with Crippen LogP contribution in [-0.4, -0.2) is 13.1 Å². The van der Waals surface area contributed by atoms with Crippen molar-refractivity contribution in [3.63, 3.8) is 0 Å². The van der Waals surface area contributed by atoms with E-state index in [1.165, 1.54) is 28.1 Å². The molecule has 2 aromatic carbocycles. The summed E-state index contributed by atoms with van der Waals surface area (Å²) in [6.07, 6.45) is 1.12. The lowest BCUT2D eigenvalue weighted by atomic mass is 9.97. The summed E-state index contributed by atoms with van der Waals surface area (Å²) < 4.78 is 0.